The summed E-state index contributed by atoms with van der Waals surface area (Å²) < 4.78 is 6.45. The predicted octanol–water partition coefficient (Wildman–Crippen LogP) is 6.84. The molecule has 0 unspecified atom stereocenters. The average Bonchev–Trinajstić information content (AvgIpc) is 2.91. The molecule has 0 saturated heterocycles. The number of esters is 1. The maximum Gasteiger partial charge on any atom is 0.312 e. The molecule has 0 aliphatic heterocycles. The summed E-state index contributed by atoms with van der Waals surface area (Å²) >= 11 is 3.21. The molecule has 0 heterocycles. The van der Waals surface area contributed by atoms with Crippen molar-refractivity contribution in [2.24, 2.45) is 50.7 Å². The van der Waals surface area contributed by atoms with Crippen molar-refractivity contribution in [3.63, 3.8) is 0 Å². The lowest BCUT2D eigenvalue weighted by atomic mass is 9.37. The maximum absolute atomic E-state index is 14.5. The quantitative estimate of drug-likeness (QED) is 0.284. The van der Waals surface area contributed by atoms with Crippen LogP contribution in [0.15, 0.2) is 21.5 Å². The lowest BCUT2D eigenvalue weighted by Gasteiger charge is -2.65. The molecule has 7 heteroatoms. The predicted molar refractivity (Wildman–Crippen MR) is 163 cm³/mol. The Bertz CT molecular complexity index is 1180. The molecular formula is C33H48O5S2. The van der Waals surface area contributed by atoms with Crippen molar-refractivity contribution in [2.75, 3.05) is 26.2 Å². The summed E-state index contributed by atoms with van der Waals surface area (Å²) in [5.74, 6) is 0.0832. The molecule has 0 aromatic heterocycles. The summed E-state index contributed by atoms with van der Waals surface area (Å²) in [6, 6.07) is 0. The summed E-state index contributed by atoms with van der Waals surface area (Å²) in [4.78, 5) is 41.8. The molecule has 0 radical (unpaired) electrons. The summed E-state index contributed by atoms with van der Waals surface area (Å²) in [6.07, 6.45) is 12.6. The van der Waals surface area contributed by atoms with Gasteiger partial charge in [0, 0.05) is 15.7 Å². The number of hydrogen-bond donors (Lipinski definition) is 1. The molecule has 0 bridgehead atoms. The van der Waals surface area contributed by atoms with Crippen molar-refractivity contribution < 1.29 is 24.2 Å². The van der Waals surface area contributed by atoms with Gasteiger partial charge in [0.2, 0.25) is 0 Å². The van der Waals surface area contributed by atoms with Crippen LogP contribution in [-0.4, -0.2) is 48.9 Å². The fourth-order valence-corrected chi connectivity index (χ4v) is 11.9. The fourth-order valence-electron chi connectivity index (χ4n) is 10.4. The third-order valence-corrected chi connectivity index (χ3v) is 14.8. The molecule has 4 fully saturated rings. The van der Waals surface area contributed by atoms with E-state index in [2.05, 4.69) is 27.7 Å². The number of aliphatic hydroxyl groups excluding tert-OH is 1. The lowest BCUT2D eigenvalue weighted by Crippen LogP contribution is -2.63. The van der Waals surface area contributed by atoms with Crippen LogP contribution in [0.3, 0.4) is 0 Å². The zero-order valence-electron chi connectivity index (χ0n) is 25.6. The van der Waals surface area contributed by atoms with Crippen LogP contribution in [0.25, 0.3) is 0 Å². The van der Waals surface area contributed by atoms with Gasteiger partial charge in [-0.2, -0.15) is 0 Å². The molecule has 5 rings (SSSR count). The molecule has 5 aliphatic rings. The van der Waals surface area contributed by atoms with Crippen molar-refractivity contribution in [1.29, 1.82) is 0 Å². The first-order valence-electron chi connectivity index (χ1n) is 15.0. The van der Waals surface area contributed by atoms with E-state index < -0.39 is 10.8 Å². The fraction of sp³-hybridized carbons (Fsp3) is 0.788. The molecule has 1 N–H and O–H groups in total. The topological polar surface area (TPSA) is 80.7 Å². The van der Waals surface area contributed by atoms with E-state index >= 15 is 0 Å². The van der Waals surface area contributed by atoms with Crippen LogP contribution < -0.4 is 0 Å². The Kier molecular flexibility index (Phi) is 7.61. The number of ketones is 2. The van der Waals surface area contributed by atoms with Crippen LogP contribution >= 0.6 is 23.5 Å². The van der Waals surface area contributed by atoms with Gasteiger partial charge in [0.15, 0.2) is 11.6 Å². The van der Waals surface area contributed by atoms with Gasteiger partial charge in [-0.15, -0.1) is 23.5 Å². The van der Waals surface area contributed by atoms with Crippen LogP contribution in [-0.2, 0) is 19.1 Å². The molecule has 5 aliphatic carbocycles. The number of thioether (sulfide) groups is 2. The number of rotatable bonds is 4. The van der Waals surface area contributed by atoms with Gasteiger partial charge in [-0.3, -0.25) is 14.4 Å². The Balaban J connectivity index is 1.65. The maximum atomic E-state index is 14.5. The highest BCUT2D eigenvalue weighted by Crippen LogP contribution is 2.71. The highest BCUT2D eigenvalue weighted by molar-refractivity contribution is 8.21. The number of fused-ring (bicyclic) bond motifs is 7. The van der Waals surface area contributed by atoms with E-state index in [1.165, 1.54) is 12.7 Å². The molecule has 0 spiro atoms. The molecule has 0 aromatic carbocycles. The van der Waals surface area contributed by atoms with Crippen molar-refractivity contribution in [3.8, 4) is 0 Å². The average molecular weight is 589 g/mol. The van der Waals surface area contributed by atoms with Gasteiger partial charge in [-0.05, 0) is 111 Å². The molecule has 4 saturated carbocycles. The second kappa shape index (κ2) is 10.0. The standard InChI is InChI=1S/C33H48O5S2/c1-29(2)11-13-33(28(37)38-6)14-12-30(3)20-9-10-24-31(4,21(20)15-23(35)25(30)22(33)17-29)16-19(27(39-7)40-8)26(36)32(24,5)18-34/h15,20,22,24-25,34H,9-14,16-18H2,1-8H3/t20-,22+,24-,25+,30+,31-,32-,33+/m1/s1. The Labute approximate surface area is 249 Å². The van der Waals surface area contributed by atoms with E-state index in [1.54, 1.807) is 23.5 Å². The number of allylic oxidation sites excluding steroid dienone is 3. The van der Waals surface area contributed by atoms with Gasteiger partial charge in [0.05, 0.1) is 24.5 Å². The third-order valence-electron chi connectivity index (χ3n) is 12.5. The first kappa shape index (κ1) is 30.4. The first-order valence-corrected chi connectivity index (χ1v) is 17.4. The van der Waals surface area contributed by atoms with E-state index in [0.717, 1.165) is 54.8 Å². The molecule has 0 amide bonds. The van der Waals surface area contributed by atoms with Gasteiger partial charge in [-0.25, -0.2) is 0 Å². The minimum Gasteiger partial charge on any atom is -0.469 e. The smallest absolute Gasteiger partial charge is 0.312 e. The van der Waals surface area contributed by atoms with Crippen LogP contribution in [0.1, 0.15) is 86.0 Å². The summed E-state index contributed by atoms with van der Waals surface area (Å²) in [5, 5.41) is 10.7. The third kappa shape index (κ3) is 4.02. The summed E-state index contributed by atoms with van der Waals surface area (Å²) in [5.41, 5.74) is 0.0158. The summed E-state index contributed by atoms with van der Waals surface area (Å²) in [7, 11) is 1.50. The SMILES string of the molecule is COC(=O)[C@]12CCC(C)(C)C[C@H]1[C@H]1C(=O)C=C3[C@@H](CC[C@H]4[C@@](C)(CO)C(=O)C(=C(SC)SC)C[C@]34C)[C@]1(C)CC2. The zero-order valence-corrected chi connectivity index (χ0v) is 27.3. The molecular weight excluding hydrogens is 540 g/mol. The van der Waals surface area contributed by atoms with E-state index in [-0.39, 0.29) is 64.1 Å². The van der Waals surface area contributed by atoms with Gasteiger partial charge >= 0.3 is 5.97 Å². The first-order chi connectivity index (χ1) is 18.7. The van der Waals surface area contributed by atoms with Crippen LogP contribution in [0.5, 0.6) is 0 Å². The number of carbonyl (C=O) groups is 3. The molecule has 8 atom stereocenters. The molecule has 222 valence electrons. The van der Waals surface area contributed by atoms with Gasteiger partial charge in [0.1, 0.15) is 0 Å². The molecule has 40 heavy (non-hydrogen) atoms. The number of hydrogen-bond acceptors (Lipinski definition) is 7. The van der Waals surface area contributed by atoms with Gasteiger partial charge in [0.25, 0.3) is 0 Å². The van der Waals surface area contributed by atoms with Crippen molar-refractivity contribution in [2.45, 2.75) is 86.0 Å². The Morgan fingerprint density at radius 2 is 1.68 bits per heavy atom. The van der Waals surface area contributed by atoms with Crippen LogP contribution in [0.2, 0.25) is 0 Å². The van der Waals surface area contributed by atoms with Crippen molar-refractivity contribution in [3.05, 3.63) is 21.5 Å². The van der Waals surface area contributed by atoms with Crippen LogP contribution in [0, 0.1) is 50.7 Å². The van der Waals surface area contributed by atoms with Gasteiger partial charge < -0.3 is 9.84 Å². The van der Waals surface area contributed by atoms with E-state index in [1.807, 2.05) is 25.5 Å². The monoisotopic (exact) mass is 588 g/mol. The van der Waals surface area contributed by atoms with Gasteiger partial charge in [-0.1, -0.05) is 33.3 Å². The normalized spacial score (nSPS) is 44.0. The number of methoxy groups -OCH3 is 1. The zero-order chi connectivity index (χ0) is 29.5. The summed E-state index contributed by atoms with van der Waals surface area (Å²) in [6.45, 7) is 10.9. The van der Waals surface area contributed by atoms with E-state index in [4.69, 9.17) is 4.74 Å². The highest BCUT2D eigenvalue weighted by atomic mass is 32.2. The number of carbonyl (C=O) groups excluding carboxylic acids is 3. The Hall–Kier alpha value is -1.05. The number of aliphatic hydroxyl groups is 1. The Morgan fingerprint density at radius 3 is 2.27 bits per heavy atom. The minimum atomic E-state index is -0.869. The lowest BCUT2D eigenvalue weighted by molar-refractivity contribution is -0.184. The highest BCUT2D eigenvalue weighted by Gasteiger charge is 2.68. The molecule has 0 aromatic rings. The van der Waals surface area contributed by atoms with Crippen molar-refractivity contribution in [1.82, 2.24) is 0 Å². The number of Topliss-reactive ketones (excluding diaryl/α,β-unsaturated/α-hetero) is 1. The van der Waals surface area contributed by atoms with Crippen molar-refractivity contribution >= 4 is 41.1 Å². The second-order valence-corrected chi connectivity index (χ2v) is 16.9. The van der Waals surface area contributed by atoms with Crippen LogP contribution in [0.4, 0.5) is 0 Å². The minimum absolute atomic E-state index is 0.0203. The Morgan fingerprint density at radius 1 is 1.02 bits per heavy atom. The number of ether oxygens (including phenoxy) is 1. The molecule has 5 nitrogen and oxygen atoms in total. The van der Waals surface area contributed by atoms with E-state index in [9.17, 15) is 19.5 Å². The van der Waals surface area contributed by atoms with E-state index in [0.29, 0.717) is 6.42 Å². The second-order valence-electron chi connectivity index (χ2n) is 15.0. The largest absolute Gasteiger partial charge is 0.469 e.